The summed E-state index contributed by atoms with van der Waals surface area (Å²) in [6.45, 7) is 7.88. The number of hydrogen-bond donors (Lipinski definition) is 0. The Morgan fingerprint density at radius 3 is 2.16 bits per heavy atom. The van der Waals surface area contributed by atoms with Gasteiger partial charge >= 0.3 is 7.12 Å². The second-order valence-electron chi connectivity index (χ2n) is 5.57. The monoisotopic (exact) mass is 302 g/mol. The van der Waals surface area contributed by atoms with E-state index in [2.05, 4.69) is 0 Å². The van der Waals surface area contributed by atoms with Gasteiger partial charge in [-0.05, 0) is 45.5 Å². The summed E-state index contributed by atoms with van der Waals surface area (Å²) in [4.78, 5) is 0.478. The van der Waals surface area contributed by atoms with Crippen molar-refractivity contribution in [2.75, 3.05) is 6.26 Å². The first kappa shape index (κ1) is 15.2. The Kier molecular flexibility index (Phi) is 3.96. The van der Waals surface area contributed by atoms with E-state index in [9.17, 15) is 4.39 Å². The molecule has 2 nitrogen and oxygen atoms in total. The van der Waals surface area contributed by atoms with Gasteiger partial charge in [0.05, 0.1) is 16.2 Å². The molecule has 0 unspecified atom stereocenters. The van der Waals surface area contributed by atoms with Crippen molar-refractivity contribution >= 4 is 35.9 Å². The zero-order valence-electron chi connectivity index (χ0n) is 11.7. The molecule has 0 saturated carbocycles. The van der Waals surface area contributed by atoms with E-state index in [1.54, 1.807) is 6.07 Å². The molecule has 0 radical (unpaired) electrons. The summed E-state index contributed by atoms with van der Waals surface area (Å²) in [5.41, 5.74) is -0.194. The van der Waals surface area contributed by atoms with Crippen LogP contribution in [0.5, 0.6) is 0 Å². The number of rotatable bonds is 2. The fraction of sp³-hybridized carbons (Fsp3) is 0.538. The van der Waals surface area contributed by atoms with E-state index in [1.165, 1.54) is 17.8 Å². The second kappa shape index (κ2) is 4.95. The summed E-state index contributed by atoms with van der Waals surface area (Å²) in [6.07, 6.45) is 1.81. The molecule has 1 aliphatic heterocycles. The van der Waals surface area contributed by atoms with E-state index in [0.717, 1.165) is 0 Å². The molecule has 0 bridgehead atoms. The van der Waals surface area contributed by atoms with Gasteiger partial charge in [-0.15, -0.1) is 11.8 Å². The predicted octanol–water partition coefficient (Wildman–Crippen LogP) is 3.50. The molecule has 1 aromatic rings. The molecule has 2 rings (SSSR count). The van der Waals surface area contributed by atoms with Crippen LogP contribution >= 0.6 is 23.4 Å². The highest BCUT2D eigenvalue weighted by Crippen LogP contribution is 2.37. The van der Waals surface area contributed by atoms with Gasteiger partial charge in [0.2, 0.25) is 0 Å². The van der Waals surface area contributed by atoms with Gasteiger partial charge in [0.25, 0.3) is 0 Å². The van der Waals surface area contributed by atoms with Gasteiger partial charge in [0, 0.05) is 4.90 Å². The Labute approximate surface area is 123 Å². The summed E-state index contributed by atoms with van der Waals surface area (Å²) in [5, 5.41) is 0.115. The fourth-order valence-electron chi connectivity index (χ4n) is 1.91. The standard InChI is InChI=1S/C13H17BClFO2S/c1-12(2)13(3,4)18-14(17-12)8-6-7-9(15)10(16)11(8)19-5/h6-7H,1-5H3. The van der Waals surface area contributed by atoms with Crippen molar-refractivity contribution in [1.82, 2.24) is 0 Å². The third-order valence-electron chi connectivity index (χ3n) is 3.79. The van der Waals surface area contributed by atoms with E-state index in [4.69, 9.17) is 20.9 Å². The topological polar surface area (TPSA) is 18.5 Å². The lowest BCUT2D eigenvalue weighted by Crippen LogP contribution is -2.41. The molecule has 0 amide bonds. The quantitative estimate of drug-likeness (QED) is 0.615. The maximum absolute atomic E-state index is 14.0. The van der Waals surface area contributed by atoms with Crippen molar-refractivity contribution in [3.63, 3.8) is 0 Å². The smallest absolute Gasteiger partial charge is 0.399 e. The van der Waals surface area contributed by atoms with Crippen LogP contribution in [0.1, 0.15) is 27.7 Å². The summed E-state index contributed by atoms with van der Waals surface area (Å²) < 4.78 is 25.9. The molecule has 19 heavy (non-hydrogen) atoms. The zero-order valence-corrected chi connectivity index (χ0v) is 13.3. The number of halogens is 2. The summed E-state index contributed by atoms with van der Waals surface area (Å²) in [5.74, 6) is -0.415. The van der Waals surface area contributed by atoms with Gasteiger partial charge in [-0.25, -0.2) is 4.39 Å². The molecule has 0 atom stereocenters. The molecule has 0 aromatic heterocycles. The maximum Gasteiger partial charge on any atom is 0.496 e. The summed E-state index contributed by atoms with van der Waals surface area (Å²) >= 11 is 7.12. The van der Waals surface area contributed by atoms with Crippen LogP contribution in [-0.4, -0.2) is 24.6 Å². The molecular formula is C13H17BClFO2S. The fourth-order valence-corrected chi connectivity index (χ4v) is 2.81. The Morgan fingerprint density at radius 2 is 1.68 bits per heavy atom. The molecule has 1 aliphatic rings. The van der Waals surface area contributed by atoms with E-state index in [-0.39, 0.29) is 5.02 Å². The van der Waals surface area contributed by atoms with Gasteiger partial charge in [0.15, 0.2) is 5.82 Å². The molecule has 1 aromatic carbocycles. The van der Waals surface area contributed by atoms with Crippen LogP contribution in [0.3, 0.4) is 0 Å². The van der Waals surface area contributed by atoms with Crippen molar-refractivity contribution in [2.45, 2.75) is 43.8 Å². The number of thioether (sulfide) groups is 1. The Morgan fingerprint density at radius 1 is 1.16 bits per heavy atom. The van der Waals surface area contributed by atoms with Gasteiger partial charge in [-0.2, -0.15) is 0 Å². The first-order valence-corrected chi connectivity index (χ1v) is 7.67. The molecule has 1 heterocycles. The highest BCUT2D eigenvalue weighted by Gasteiger charge is 2.52. The van der Waals surface area contributed by atoms with E-state index in [0.29, 0.717) is 10.4 Å². The lowest BCUT2D eigenvalue weighted by Gasteiger charge is -2.32. The van der Waals surface area contributed by atoms with Crippen molar-refractivity contribution in [1.29, 1.82) is 0 Å². The first-order chi connectivity index (χ1) is 8.69. The maximum atomic E-state index is 14.0. The van der Waals surface area contributed by atoms with Crippen molar-refractivity contribution in [2.24, 2.45) is 0 Å². The van der Waals surface area contributed by atoms with E-state index >= 15 is 0 Å². The number of hydrogen-bond acceptors (Lipinski definition) is 3. The molecule has 0 spiro atoms. The SMILES string of the molecule is CSc1c(B2OC(C)(C)C(C)(C)O2)ccc(Cl)c1F. The van der Waals surface area contributed by atoms with Crippen LogP contribution in [0.15, 0.2) is 17.0 Å². The van der Waals surface area contributed by atoms with Gasteiger partial charge in [-0.3, -0.25) is 0 Å². The number of benzene rings is 1. The second-order valence-corrected chi connectivity index (χ2v) is 6.80. The largest absolute Gasteiger partial charge is 0.496 e. The molecule has 1 fully saturated rings. The highest BCUT2D eigenvalue weighted by atomic mass is 35.5. The molecule has 0 aliphatic carbocycles. The molecule has 0 N–H and O–H groups in total. The van der Waals surface area contributed by atoms with Crippen LogP contribution < -0.4 is 5.46 Å². The normalized spacial score (nSPS) is 20.9. The molecule has 1 saturated heterocycles. The van der Waals surface area contributed by atoms with Crippen molar-refractivity contribution in [3.8, 4) is 0 Å². The Hall–Kier alpha value is -0.225. The highest BCUT2D eigenvalue weighted by molar-refractivity contribution is 7.98. The van der Waals surface area contributed by atoms with Crippen LogP contribution in [0.2, 0.25) is 5.02 Å². The minimum atomic E-state index is -0.570. The average Bonchev–Trinajstić information content (AvgIpc) is 2.51. The van der Waals surface area contributed by atoms with Crippen molar-refractivity contribution < 1.29 is 13.7 Å². The zero-order chi connectivity index (χ0) is 14.4. The molecule has 6 heteroatoms. The summed E-state index contributed by atoms with van der Waals surface area (Å²) in [6, 6.07) is 3.30. The lowest BCUT2D eigenvalue weighted by atomic mass is 9.79. The predicted molar refractivity (Wildman–Crippen MR) is 78.9 cm³/mol. The van der Waals surface area contributed by atoms with Gasteiger partial charge in [-0.1, -0.05) is 17.7 Å². The van der Waals surface area contributed by atoms with Crippen LogP contribution in [0, 0.1) is 5.82 Å². The van der Waals surface area contributed by atoms with Crippen LogP contribution in [-0.2, 0) is 9.31 Å². The third-order valence-corrected chi connectivity index (χ3v) is 4.91. The van der Waals surface area contributed by atoms with Crippen LogP contribution in [0.25, 0.3) is 0 Å². The molecular weight excluding hydrogens is 285 g/mol. The molecule has 104 valence electrons. The Bertz CT molecular complexity index is 492. The lowest BCUT2D eigenvalue weighted by molar-refractivity contribution is 0.00578. The van der Waals surface area contributed by atoms with E-state index < -0.39 is 24.1 Å². The van der Waals surface area contributed by atoms with Crippen molar-refractivity contribution in [3.05, 3.63) is 23.0 Å². The minimum absolute atomic E-state index is 0.115. The summed E-state index contributed by atoms with van der Waals surface area (Å²) in [7, 11) is -0.570. The minimum Gasteiger partial charge on any atom is -0.399 e. The third kappa shape index (κ3) is 2.53. The average molecular weight is 303 g/mol. The van der Waals surface area contributed by atoms with E-state index in [1.807, 2.05) is 34.0 Å². The first-order valence-electron chi connectivity index (χ1n) is 6.07. The Balaban J connectivity index is 2.43. The van der Waals surface area contributed by atoms with Gasteiger partial charge in [0.1, 0.15) is 0 Å². The van der Waals surface area contributed by atoms with Gasteiger partial charge < -0.3 is 9.31 Å². The van der Waals surface area contributed by atoms with Crippen LogP contribution in [0.4, 0.5) is 4.39 Å².